The first kappa shape index (κ1) is 28.0. The van der Waals surface area contributed by atoms with Crippen molar-refractivity contribution < 1.29 is 19.6 Å². The highest BCUT2D eigenvalue weighted by Gasteiger charge is 2.31. The van der Waals surface area contributed by atoms with Crippen LogP contribution in [0, 0.1) is 11.8 Å². The molecule has 1 amide bonds. The van der Waals surface area contributed by atoms with Gasteiger partial charge in [0.2, 0.25) is 5.91 Å². The van der Waals surface area contributed by atoms with Gasteiger partial charge in [0.15, 0.2) is 5.78 Å². The van der Waals surface area contributed by atoms with Crippen LogP contribution in [-0.4, -0.2) is 44.8 Å². The van der Waals surface area contributed by atoms with Gasteiger partial charge in [-0.3, -0.25) is 14.6 Å². The predicted molar refractivity (Wildman–Crippen MR) is 141 cm³/mol. The van der Waals surface area contributed by atoms with Gasteiger partial charge in [-0.15, -0.1) is 0 Å². The Morgan fingerprint density at radius 3 is 2.36 bits per heavy atom. The highest BCUT2D eigenvalue weighted by molar-refractivity contribution is 6.43. The van der Waals surface area contributed by atoms with E-state index in [1.165, 1.54) is 24.6 Å². The maximum absolute atomic E-state index is 13.4. The van der Waals surface area contributed by atoms with Gasteiger partial charge in [0.05, 0.1) is 17.8 Å². The Hall–Kier alpha value is -2.58. The van der Waals surface area contributed by atoms with Crippen LogP contribution in [0.1, 0.15) is 92.5 Å². The number of carbonyl (C=O) groups excluding carboxylic acids is 2. The molecule has 1 aliphatic rings. The van der Waals surface area contributed by atoms with Gasteiger partial charge in [-0.25, -0.2) is 4.98 Å². The number of benzene rings is 1. The first-order chi connectivity index (χ1) is 17.3. The molecule has 3 rings (SSSR count). The number of nitrogens with zero attached hydrogens (tertiary/aromatic N) is 2. The van der Waals surface area contributed by atoms with E-state index in [2.05, 4.69) is 21.4 Å². The SMILES string of the molecule is CC(C)C[C@H](NC(=O)[C@H]1CC(=O)c2cncc(n2)CCCCCCCCc2ccccc2C1)B(O)O. The van der Waals surface area contributed by atoms with Gasteiger partial charge in [0.25, 0.3) is 0 Å². The number of nitrogens with one attached hydrogen (secondary N) is 1. The Bertz CT molecular complexity index is 998. The molecule has 36 heavy (non-hydrogen) atoms. The monoisotopic (exact) mass is 493 g/mol. The molecule has 2 atom stereocenters. The summed E-state index contributed by atoms with van der Waals surface area (Å²) in [7, 11) is -1.67. The van der Waals surface area contributed by atoms with Crippen molar-refractivity contribution in [2.24, 2.45) is 11.8 Å². The van der Waals surface area contributed by atoms with E-state index in [4.69, 9.17) is 0 Å². The molecule has 0 fully saturated rings. The highest BCUT2D eigenvalue weighted by Crippen LogP contribution is 2.22. The third-order valence-corrected chi connectivity index (χ3v) is 6.90. The summed E-state index contributed by atoms with van der Waals surface area (Å²) in [4.78, 5) is 35.5. The molecule has 0 aliphatic carbocycles. The van der Waals surface area contributed by atoms with Gasteiger partial charge in [-0.2, -0.15) is 0 Å². The molecule has 1 aromatic heterocycles. The van der Waals surface area contributed by atoms with Crippen LogP contribution in [0.3, 0.4) is 0 Å². The molecule has 0 radical (unpaired) electrons. The zero-order valence-electron chi connectivity index (χ0n) is 21.7. The number of hydrogen-bond acceptors (Lipinski definition) is 6. The fourth-order valence-corrected chi connectivity index (χ4v) is 4.91. The number of amides is 1. The summed E-state index contributed by atoms with van der Waals surface area (Å²) >= 11 is 0. The van der Waals surface area contributed by atoms with Gasteiger partial charge in [0, 0.05) is 18.5 Å². The number of carbonyl (C=O) groups is 2. The van der Waals surface area contributed by atoms with Crippen LogP contribution in [0.5, 0.6) is 0 Å². The van der Waals surface area contributed by atoms with Gasteiger partial charge < -0.3 is 15.4 Å². The van der Waals surface area contributed by atoms with Crippen molar-refractivity contribution in [1.82, 2.24) is 15.3 Å². The second-order valence-corrected chi connectivity index (χ2v) is 10.5. The van der Waals surface area contributed by atoms with E-state index in [1.54, 1.807) is 6.20 Å². The van der Waals surface area contributed by atoms with Crippen LogP contribution in [-0.2, 0) is 24.1 Å². The quantitative estimate of drug-likeness (QED) is 0.545. The molecule has 7 nitrogen and oxygen atoms in total. The van der Waals surface area contributed by atoms with Crippen LogP contribution < -0.4 is 5.32 Å². The summed E-state index contributed by atoms with van der Waals surface area (Å²) in [5.74, 6) is -1.86. The molecule has 1 aromatic carbocycles. The molecule has 0 saturated carbocycles. The molecule has 0 unspecified atom stereocenters. The fraction of sp³-hybridized carbons (Fsp3) is 0.571. The molecule has 8 heteroatoms. The lowest BCUT2D eigenvalue weighted by atomic mass is 9.74. The van der Waals surface area contributed by atoms with Crippen molar-refractivity contribution in [3.05, 3.63) is 59.2 Å². The number of ketones is 1. The zero-order chi connectivity index (χ0) is 25.9. The molecular weight excluding hydrogens is 453 g/mol. The van der Waals surface area contributed by atoms with Crippen molar-refractivity contribution in [2.75, 3.05) is 0 Å². The molecular formula is C28H40BN3O4. The summed E-state index contributed by atoms with van der Waals surface area (Å²) in [5, 5.41) is 22.5. The molecule has 2 bridgehead atoms. The summed E-state index contributed by atoms with van der Waals surface area (Å²) in [6.07, 6.45) is 12.5. The Balaban J connectivity index is 1.89. The van der Waals surface area contributed by atoms with Crippen molar-refractivity contribution in [1.29, 1.82) is 0 Å². The first-order valence-corrected chi connectivity index (χ1v) is 13.4. The van der Waals surface area contributed by atoms with E-state index in [9.17, 15) is 19.6 Å². The minimum Gasteiger partial charge on any atom is -0.426 e. The third-order valence-electron chi connectivity index (χ3n) is 6.90. The van der Waals surface area contributed by atoms with Gasteiger partial charge in [0.1, 0.15) is 5.69 Å². The van der Waals surface area contributed by atoms with E-state index in [-0.39, 0.29) is 29.7 Å². The number of aromatic nitrogens is 2. The van der Waals surface area contributed by atoms with E-state index in [0.29, 0.717) is 12.8 Å². The van der Waals surface area contributed by atoms with Gasteiger partial charge in [-0.1, -0.05) is 63.8 Å². The standard InChI is InChI=1S/C28H40BN3O4/c1-20(2)15-27(29(35)36)32-28(34)23-16-22-13-10-9-12-21(22)11-7-5-3-4-6-8-14-24-18-30-19-25(31-24)26(33)17-23/h9-10,12-13,18-20,23,27,35-36H,3-8,11,14-17H2,1-2H3,(H,32,34)/t23-,27+/m1/s1. The topological polar surface area (TPSA) is 112 Å². The predicted octanol–water partition coefficient (Wildman–Crippen LogP) is 3.89. The van der Waals surface area contributed by atoms with E-state index in [1.807, 2.05) is 32.0 Å². The molecule has 3 N–H and O–H groups in total. The zero-order valence-corrected chi connectivity index (χ0v) is 21.7. The molecule has 0 saturated heterocycles. The average Bonchev–Trinajstić information content (AvgIpc) is 2.85. The lowest BCUT2D eigenvalue weighted by Crippen LogP contribution is -2.49. The van der Waals surface area contributed by atoms with Crippen LogP contribution in [0.25, 0.3) is 0 Å². The van der Waals surface area contributed by atoms with E-state index >= 15 is 0 Å². The first-order valence-electron chi connectivity index (χ1n) is 13.4. The number of aryl methyl sites for hydroxylation is 2. The molecule has 2 aromatic rings. The minimum absolute atomic E-state index is 0.0196. The number of fused-ring (bicyclic) bond motifs is 3. The summed E-state index contributed by atoms with van der Waals surface area (Å²) < 4.78 is 0. The third kappa shape index (κ3) is 8.82. The molecule has 194 valence electrons. The summed E-state index contributed by atoms with van der Waals surface area (Å²) in [5.41, 5.74) is 3.34. The lowest BCUT2D eigenvalue weighted by Gasteiger charge is -2.24. The second kappa shape index (κ2) is 14.2. The van der Waals surface area contributed by atoms with Gasteiger partial charge >= 0.3 is 7.12 Å². The van der Waals surface area contributed by atoms with Crippen LogP contribution in [0.4, 0.5) is 0 Å². The Morgan fingerprint density at radius 2 is 1.67 bits per heavy atom. The number of rotatable bonds is 5. The smallest absolute Gasteiger partial charge is 0.426 e. The Labute approximate surface area is 215 Å². The van der Waals surface area contributed by atoms with E-state index < -0.39 is 19.0 Å². The number of hydrogen-bond donors (Lipinski definition) is 3. The second-order valence-electron chi connectivity index (χ2n) is 10.5. The van der Waals surface area contributed by atoms with Crippen molar-refractivity contribution in [3.8, 4) is 0 Å². The maximum atomic E-state index is 13.4. The fourth-order valence-electron chi connectivity index (χ4n) is 4.91. The summed E-state index contributed by atoms with van der Waals surface area (Å²) in [6, 6.07) is 8.12. The van der Waals surface area contributed by atoms with Crippen LogP contribution >= 0.6 is 0 Å². The molecule has 2 heterocycles. The summed E-state index contributed by atoms with van der Waals surface area (Å²) in [6.45, 7) is 3.92. The van der Waals surface area contributed by atoms with Crippen LogP contribution in [0.15, 0.2) is 36.7 Å². The highest BCUT2D eigenvalue weighted by atomic mass is 16.4. The van der Waals surface area contributed by atoms with E-state index in [0.717, 1.165) is 49.8 Å². The maximum Gasteiger partial charge on any atom is 0.475 e. The lowest BCUT2D eigenvalue weighted by molar-refractivity contribution is -0.125. The number of Topliss-reactive ketones (excluding diaryl/α,β-unsaturated/α-hetero) is 1. The average molecular weight is 493 g/mol. The minimum atomic E-state index is -1.67. The van der Waals surface area contributed by atoms with Crippen molar-refractivity contribution >= 4 is 18.8 Å². The molecule has 1 aliphatic heterocycles. The normalized spacial score (nSPS) is 18.7. The Kier molecular flexibility index (Phi) is 11.1. The Morgan fingerprint density at radius 1 is 1.00 bits per heavy atom. The van der Waals surface area contributed by atoms with Gasteiger partial charge in [-0.05, 0) is 55.6 Å². The largest absolute Gasteiger partial charge is 0.475 e. The van der Waals surface area contributed by atoms with Crippen LogP contribution in [0.2, 0.25) is 0 Å². The molecule has 0 spiro atoms. The van der Waals surface area contributed by atoms with Crippen molar-refractivity contribution in [2.45, 2.75) is 90.4 Å². The van der Waals surface area contributed by atoms with Crippen molar-refractivity contribution in [3.63, 3.8) is 0 Å².